The molecule has 5 nitrogen and oxygen atoms in total. The van der Waals surface area contributed by atoms with E-state index in [0.29, 0.717) is 12.5 Å². The molecule has 0 saturated carbocycles. The minimum absolute atomic E-state index is 0.315. The first kappa shape index (κ1) is 15.6. The Balaban J connectivity index is 2.43. The molecule has 0 amide bonds. The molecule has 1 heterocycles. The summed E-state index contributed by atoms with van der Waals surface area (Å²) in [6, 6.07) is 0. The van der Waals surface area contributed by atoms with Crippen molar-refractivity contribution in [2.75, 3.05) is 32.6 Å². The first-order valence-corrected chi connectivity index (χ1v) is 6.48. The van der Waals surface area contributed by atoms with E-state index < -0.39 is 0 Å². The Morgan fingerprint density at radius 3 is 2.47 bits per heavy atom. The number of rotatable bonds is 8. The molecule has 1 rings (SSSR count). The summed E-state index contributed by atoms with van der Waals surface area (Å²) in [5, 5.41) is 9.82. The van der Waals surface area contributed by atoms with Crippen LogP contribution in [-0.4, -0.2) is 53.8 Å². The summed E-state index contributed by atoms with van der Waals surface area (Å²) in [4.78, 5) is 12.5. The highest BCUT2D eigenvalue weighted by atomic mass is 16.3. The molecule has 0 aliphatic rings. The third-order valence-electron chi connectivity index (χ3n) is 2.77. The monoisotopic (exact) mass is 264 g/mol. The van der Waals surface area contributed by atoms with E-state index in [-0.39, 0.29) is 6.10 Å². The summed E-state index contributed by atoms with van der Waals surface area (Å²) < 4.78 is 0. The molecule has 1 aromatic heterocycles. The van der Waals surface area contributed by atoms with Crippen molar-refractivity contribution in [1.29, 1.82) is 0 Å². The van der Waals surface area contributed by atoms with E-state index in [1.54, 1.807) is 0 Å². The first-order chi connectivity index (χ1) is 9.02. The zero-order chi connectivity index (χ0) is 14.3. The van der Waals surface area contributed by atoms with Gasteiger partial charge in [0.2, 0.25) is 5.95 Å². The van der Waals surface area contributed by atoms with Crippen LogP contribution >= 0.6 is 0 Å². The number of allylic oxidation sites excluding steroid dienone is 1. The largest absolute Gasteiger partial charge is 0.392 e. The lowest BCUT2D eigenvalue weighted by molar-refractivity contribution is 0.116. The number of hydrogen-bond acceptors (Lipinski definition) is 5. The number of nitrogens with zero attached hydrogens (tertiary/aromatic N) is 4. The molecule has 0 bridgehead atoms. The number of aliphatic hydroxyl groups excluding tert-OH is 1. The van der Waals surface area contributed by atoms with E-state index in [2.05, 4.69) is 21.4 Å². The number of hydrogen-bond donors (Lipinski definition) is 1. The molecular weight excluding hydrogens is 240 g/mol. The third-order valence-corrected chi connectivity index (χ3v) is 2.77. The molecule has 0 aromatic carbocycles. The number of aromatic nitrogens is 2. The van der Waals surface area contributed by atoms with E-state index in [4.69, 9.17) is 0 Å². The second-order valence-electron chi connectivity index (χ2n) is 5.00. The molecule has 1 aromatic rings. The maximum Gasteiger partial charge on any atom is 0.224 e. The van der Waals surface area contributed by atoms with Crippen molar-refractivity contribution in [1.82, 2.24) is 14.9 Å². The van der Waals surface area contributed by atoms with Crippen LogP contribution in [0, 0.1) is 0 Å². The molecule has 19 heavy (non-hydrogen) atoms. The van der Waals surface area contributed by atoms with Crippen molar-refractivity contribution >= 4 is 5.95 Å². The van der Waals surface area contributed by atoms with Gasteiger partial charge in [-0.1, -0.05) is 6.08 Å². The van der Waals surface area contributed by atoms with Crippen LogP contribution in [-0.2, 0) is 6.54 Å². The van der Waals surface area contributed by atoms with Crippen molar-refractivity contribution in [3.05, 3.63) is 30.6 Å². The standard InChI is InChI=1S/C14H24N4O/c1-5-6-7-13(19)11-18(4)10-12-8-15-14(16-9-12)17(2)3/h5,8-9,13,19H,1,6-7,10-11H2,2-4H3. The van der Waals surface area contributed by atoms with Crippen LogP contribution in [0.1, 0.15) is 18.4 Å². The molecule has 106 valence electrons. The Hall–Kier alpha value is -1.46. The Kier molecular flexibility index (Phi) is 6.45. The molecule has 0 fully saturated rings. The van der Waals surface area contributed by atoms with Crippen LogP contribution in [0.3, 0.4) is 0 Å². The van der Waals surface area contributed by atoms with Crippen LogP contribution < -0.4 is 4.90 Å². The van der Waals surface area contributed by atoms with Crippen molar-refractivity contribution in [2.45, 2.75) is 25.5 Å². The van der Waals surface area contributed by atoms with E-state index in [1.807, 2.05) is 44.5 Å². The van der Waals surface area contributed by atoms with Gasteiger partial charge in [-0.15, -0.1) is 6.58 Å². The quantitative estimate of drug-likeness (QED) is 0.717. The lowest BCUT2D eigenvalue weighted by Gasteiger charge is -2.20. The van der Waals surface area contributed by atoms with Crippen LogP contribution in [0.4, 0.5) is 5.95 Å². The molecule has 0 radical (unpaired) electrons. The van der Waals surface area contributed by atoms with Gasteiger partial charge in [0.1, 0.15) is 0 Å². The van der Waals surface area contributed by atoms with Gasteiger partial charge in [-0.2, -0.15) is 0 Å². The second-order valence-corrected chi connectivity index (χ2v) is 5.00. The zero-order valence-corrected chi connectivity index (χ0v) is 12.1. The maximum absolute atomic E-state index is 9.82. The molecule has 0 aliphatic heterocycles. The topological polar surface area (TPSA) is 52.5 Å². The predicted molar refractivity (Wildman–Crippen MR) is 78.1 cm³/mol. The molecule has 1 N–H and O–H groups in total. The number of aliphatic hydroxyl groups is 1. The summed E-state index contributed by atoms with van der Waals surface area (Å²) in [5.74, 6) is 0.706. The van der Waals surface area contributed by atoms with E-state index in [9.17, 15) is 5.11 Å². The highest BCUT2D eigenvalue weighted by molar-refractivity contribution is 5.26. The second kappa shape index (κ2) is 7.86. The van der Waals surface area contributed by atoms with Crippen molar-refractivity contribution in [2.24, 2.45) is 0 Å². The summed E-state index contributed by atoms with van der Waals surface area (Å²) in [5.41, 5.74) is 1.05. The average molecular weight is 264 g/mol. The lowest BCUT2D eigenvalue weighted by Crippen LogP contribution is -2.28. The van der Waals surface area contributed by atoms with Gasteiger partial charge in [0.15, 0.2) is 0 Å². The lowest BCUT2D eigenvalue weighted by atomic mass is 10.2. The van der Waals surface area contributed by atoms with Gasteiger partial charge in [0.05, 0.1) is 6.10 Å². The Morgan fingerprint density at radius 1 is 1.32 bits per heavy atom. The number of anilines is 1. The predicted octanol–water partition coefficient (Wildman–Crippen LogP) is 1.30. The molecule has 1 unspecified atom stereocenters. The zero-order valence-electron chi connectivity index (χ0n) is 12.1. The maximum atomic E-state index is 9.82. The van der Waals surface area contributed by atoms with Crippen LogP contribution in [0.15, 0.2) is 25.0 Å². The minimum Gasteiger partial charge on any atom is -0.392 e. The van der Waals surface area contributed by atoms with Gasteiger partial charge in [-0.25, -0.2) is 9.97 Å². The normalized spacial score (nSPS) is 12.5. The number of likely N-dealkylation sites (N-methyl/N-ethyl adjacent to an activating group) is 1. The molecular formula is C14H24N4O. The third kappa shape index (κ3) is 5.81. The summed E-state index contributed by atoms with van der Waals surface area (Å²) in [6.45, 7) is 5.03. The van der Waals surface area contributed by atoms with Gasteiger partial charge in [0, 0.05) is 45.1 Å². The van der Waals surface area contributed by atoms with E-state index >= 15 is 0 Å². The van der Waals surface area contributed by atoms with Crippen LogP contribution in [0.2, 0.25) is 0 Å². The van der Waals surface area contributed by atoms with Gasteiger partial charge in [0.25, 0.3) is 0 Å². The fourth-order valence-corrected chi connectivity index (χ4v) is 1.80. The van der Waals surface area contributed by atoms with Gasteiger partial charge < -0.3 is 10.0 Å². The van der Waals surface area contributed by atoms with Gasteiger partial charge in [-0.05, 0) is 19.9 Å². The smallest absolute Gasteiger partial charge is 0.224 e. The summed E-state index contributed by atoms with van der Waals surface area (Å²) in [6.07, 6.45) is 6.77. The average Bonchev–Trinajstić information content (AvgIpc) is 2.36. The SMILES string of the molecule is C=CCCC(O)CN(C)Cc1cnc(N(C)C)nc1. The van der Waals surface area contributed by atoms with Gasteiger partial charge >= 0.3 is 0 Å². The molecule has 0 saturated heterocycles. The highest BCUT2D eigenvalue weighted by Gasteiger charge is 2.08. The van der Waals surface area contributed by atoms with Gasteiger partial charge in [-0.3, -0.25) is 4.90 Å². The van der Waals surface area contributed by atoms with E-state index in [0.717, 1.165) is 24.9 Å². The Bertz CT molecular complexity index is 378. The molecule has 1 atom stereocenters. The van der Waals surface area contributed by atoms with E-state index in [1.165, 1.54) is 0 Å². The van der Waals surface area contributed by atoms with Crippen molar-refractivity contribution < 1.29 is 5.11 Å². The summed E-state index contributed by atoms with van der Waals surface area (Å²) >= 11 is 0. The molecule has 0 aliphatic carbocycles. The summed E-state index contributed by atoms with van der Waals surface area (Å²) in [7, 11) is 5.81. The van der Waals surface area contributed by atoms with Crippen molar-refractivity contribution in [3.8, 4) is 0 Å². The fourth-order valence-electron chi connectivity index (χ4n) is 1.80. The van der Waals surface area contributed by atoms with Crippen LogP contribution in [0.5, 0.6) is 0 Å². The van der Waals surface area contributed by atoms with Crippen molar-refractivity contribution in [3.63, 3.8) is 0 Å². The van der Waals surface area contributed by atoms with Crippen LogP contribution in [0.25, 0.3) is 0 Å². The Labute approximate surface area is 115 Å². The Morgan fingerprint density at radius 2 is 1.95 bits per heavy atom. The minimum atomic E-state index is -0.315. The highest BCUT2D eigenvalue weighted by Crippen LogP contribution is 2.07. The fraction of sp³-hybridized carbons (Fsp3) is 0.571. The first-order valence-electron chi connectivity index (χ1n) is 6.48. The molecule has 5 heteroatoms. The molecule has 0 spiro atoms.